The third-order valence-corrected chi connectivity index (χ3v) is 4.83. The average molecular weight is 319 g/mol. The van der Waals surface area contributed by atoms with Crippen molar-refractivity contribution in [1.82, 2.24) is 20.3 Å². The smallest absolute Gasteiger partial charge is 0.240 e. The second kappa shape index (κ2) is 6.23. The summed E-state index contributed by atoms with van der Waals surface area (Å²) in [5, 5.41) is 15.9. The van der Waals surface area contributed by atoms with Crippen LogP contribution in [0.2, 0.25) is 0 Å². The summed E-state index contributed by atoms with van der Waals surface area (Å²) in [6, 6.07) is 9.76. The van der Waals surface area contributed by atoms with Gasteiger partial charge in [-0.1, -0.05) is 58.6 Å². The highest BCUT2D eigenvalue weighted by molar-refractivity contribution is 8.01. The Hall–Kier alpha value is -1.93. The molecule has 108 valence electrons. The molecular weight excluding hydrogens is 306 g/mol. The van der Waals surface area contributed by atoms with Crippen LogP contribution in [0.3, 0.4) is 0 Å². The molecule has 3 aromatic rings. The fourth-order valence-corrected chi connectivity index (χ4v) is 3.54. The third-order valence-electron chi connectivity index (χ3n) is 2.72. The highest BCUT2D eigenvalue weighted by Gasteiger charge is 2.18. The summed E-state index contributed by atoms with van der Waals surface area (Å²) in [7, 11) is 1.82. The summed E-state index contributed by atoms with van der Waals surface area (Å²) in [4.78, 5) is 4.45. The molecule has 0 fully saturated rings. The molecule has 0 aliphatic carbocycles. The first-order chi connectivity index (χ1) is 10.3. The molecular formula is C13H13N5OS2. The zero-order chi connectivity index (χ0) is 14.7. The number of hydrogen-bond donors (Lipinski definition) is 1. The lowest BCUT2D eigenvalue weighted by atomic mass is 10.2. The Kier molecular flexibility index (Phi) is 4.16. The van der Waals surface area contributed by atoms with Crippen LogP contribution < -0.4 is 5.32 Å². The van der Waals surface area contributed by atoms with Gasteiger partial charge in [0.1, 0.15) is 0 Å². The molecule has 0 spiro atoms. The topological polar surface area (TPSA) is 76.7 Å². The fourth-order valence-electron chi connectivity index (χ4n) is 1.66. The average Bonchev–Trinajstić information content (AvgIpc) is 3.17. The maximum Gasteiger partial charge on any atom is 0.240 e. The van der Waals surface area contributed by atoms with Crippen molar-refractivity contribution in [2.24, 2.45) is 0 Å². The number of benzene rings is 1. The molecule has 21 heavy (non-hydrogen) atoms. The molecule has 0 amide bonds. The highest BCUT2D eigenvalue weighted by atomic mass is 32.2. The van der Waals surface area contributed by atoms with E-state index in [0.717, 1.165) is 15.0 Å². The molecule has 0 unspecified atom stereocenters. The number of anilines is 1. The minimum atomic E-state index is 0.0209. The van der Waals surface area contributed by atoms with Crippen LogP contribution >= 0.6 is 23.1 Å². The number of thioether (sulfide) groups is 1. The molecule has 6 nitrogen and oxygen atoms in total. The first kappa shape index (κ1) is 14.0. The largest absolute Gasteiger partial charge is 0.363 e. The van der Waals surface area contributed by atoms with Crippen molar-refractivity contribution in [3.63, 3.8) is 0 Å². The van der Waals surface area contributed by atoms with Crippen LogP contribution in [0, 0.1) is 0 Å². The Morgan fingerprint density at radius 1 is 1.24 bits per heavy atom. The van der Waals surface area contributed by atoms with Gasteiger partial charge < -0.3 is 9.84 Å². The maximum atomic E-state index is 5.35. The number of hydrogen-bond acceptors (Lipinski definition) is 8. The van der Waals surface area contributed by atoms with Crippen LogP contribution in [-0.2, 0) is 0 Å². The van der Waals surface area contributed by atoms with Gasteiger partial charge in [0, 0.05) is 12.6 Å². The molecule has 1 atom stereocenters. The van der Waals surface area contributed by atoms with E-state index in [1.807, 2.05) is 44.3 Å². The summed E-state index contributed by atoms with van der Waals surface area (Å²) in [6.07, 6.45) is 0. The van der Waals surface area contributed by atoms with Crippen molar-refractivity contribution in [2.75, 3.05) is 12.4 Å². The van der Waals surface area contributed by atoms with Gasteiger partial charge >= 0.3 is 0 Å². The van der Waals surface area contributed by atoms with Gasteiger partial charge in [-0.3, -0.25) is 0 Å². The molecule has 0 bridgehead atoms. The van der Waals surface area contributed by atoms with Crippen molar-refractivity contribution < 1.29 is 4.52 Å². The van der Waals surface area contributed by atoms with E-state index in [0.29, 0.717) is 11.7 Å². The number of rotatable bonds is 5. The first-order valence-electron chi connectivity index (χ1n) is 6.33. The Morgan fingerprint density at radius 2 is 2.05 bits per heavy atom. The van der Waals surface area contributed by atoms with Crippen LogP contribution in [-0.4, -0.2) is 27.4 Å². The van der Waals surface area contributed by atoms with Gasteiger partial charge in [0.05, 0.1) is 5.25 Å². The molecule has 2 aromatic heterocycles. The molecule has 0 aliphatic heterocycles. The second-order valence-corrected chi connectivity index (χ2v) is 6.77. The van der Waals surface area contributed by atoms with Gasteiger partial charge in [-0.25, -0.2) is 0 Å². The van der Waals surface area contributed by atoms with Crippen molar-refractivity contribution in [3.8, 4) is 11.4 Å². The lowest BCUT2D eigenvalue weighted by molar-refractivity contribution is 0.381. The Balaban J connectivity index is 1.73. The molecule has 0 saturated carbocycles. The van der Waals surface area contributed by atoms with Gasteiger partial charge in [0.15, 0.2) is 4.34 Å². The molecule has 1 N–H and O–H groups in total. The van der Waals surface area contributed by atoms with E-state index < -0.39 is 0 Å². The zero-order valence-electron chi connectivity index (χ0n) is 11.5. The van der Waals surface area contributed by atoms with Gasteiger partial charge in [-0.2, -0.15) is 4.98 Å². The van der Waals surface area contributed by atoms with Crippen LogP contribution in [0.4, 0.5) is 5.13 Å². The molecule has 3 rings (SSSR count). The maximum absolute atomic E-state index is 5.35. The normalized spacial score (nSPS) is 12.3. The summed E-state index contributed by atoms with van der Waals surface area (Å²) in [5.74, 6) is 1.19. The second-order valence-electron chi connectivity index (χ2n) is 4.21. The van der Waals surface area contributed by atoms with Crippen molar-refractivity contribution >= 4 is 28.2 Å². The van der Waals surface area contributed by atoms with Gasteiger partial charge in [-0.05, 0) is 6.92 Å². The molecule has 1 aromatic carbocycles. The lowest BCUT2D eigenvalue weighted by Crippen LogP contribution is -1.88. The van der Waals surface area contributed by atoms with E-state index in [2.05, 4.69) is 25.7 Å². The third kappa shape index (κ3) is 3.22. The standard InChI is InChI=1S/C13H13N5OS2/c1-8(20-13-17-16-12(14-2)21-13)11-15-10(18-19-11)9-6-4-3-5-7-9/h3-8H,1-2H3,(H,14,16)/t8-/m1/s1. The lowest BCUT2D eigenvalue weighted by Gasteiger charge is -2.01. The summed E-state index contributed by atoms with van der Waals surface area (Å²) in [5.41, 5.74) is 0.943. The Morgan fingerprint density at radius 3 is 2.76 bits per heavy atom. The van der Waals surface area contributed by atoms with Gasteiger partial charge in [0.2, 0.25) is 16.8 Å². The van der Waals surface area contributed by atoms with Crippen molar-refractivity contribution in [2.45, 2.75) is 16.5 Å². The van der Waals surface area contributed by atoms with E-state index in [1.54, 1.807) is 11.8 Å². The van der Waals surface area contributed by atoms with Crippen molar-refractivity contribution in [3.05, 3.63) is 36.2 Å². The Labute approximate surface area is 130 Å². The van der Waals surface area contributed by atoms with Gasteiger partial charge in [0.25, 0.3) is 0 Å². The van der Waals surface area contributed by atoms with E-state index in [4.69, 9.17) is 4.52 Å². The Bertz CT molecular complexity index is 712. The van der Waals surface area contributed by atoms with Crippen molar-refractivity contribution in [1.29, 1.82) is 0 Å². The summed E-state index contributed by atoms with van der Waals surface area (Å²) in [6.45, 7) is 2.01. The minimum Gasteiger partial charge on any atom is -0.363 e. The van der Waals surface area contributed by atoms with E-state index in [-0.39, 0.29) is 5.25 Å². The van der Waals surface area contributed by atoms with Crippen LogP contribution in [0.15, 0.2) is 39.2 Å². The molecule has 0 saturated heterocycles. The summed E-state index contributed by atoms with van der Waals surface area (Å²) < 4.78 is 6.21. The van der Waals surface area contributed by atoms with E-state index in [9.17, 15) is 0 Å². The molecule has 0 aliphatic rings. The van der Waals surface area contributed by atoms with Crippen LogP contribution in [0.5, 0.6) is 0 Å². The van der Waals surface area contributed by atoms with Crippen LogP contribution in [0.1, 0.15) is 18.1 Å². The highest BCUT2D eigenvalue weighted by Crippen LogP contribution is 2.37. The summed E-state index contributed by atoms with van der Waals surface area (Å²) >= 11 is 3.05. The predicted molar refractivity (Wildman–Crippen MR) is 83.5 cm³/mol. The quantitative estimate of drug-likeness (QED) is 0.721. The molecule has 8 heteroatoms. The fraction of sp³-hybridized carbons (Fsp3) is 0.231. The molecule has 0 radical (unpaired) electrons. The van der Waals surface area contributed by atoms with E-state index >= 15 is 0 Å². The predicted octanol–water partition coefficient (Wildman–Crippen LogP) is 3.48. The zero-order valence-corrected chi connectivity index (χ0v) is 13.1. The number of aromatic nitrogens is 4. The van der Waals surface area contributed by atoms with E-state index in [1.165, 1.54) is 11.3 Å². The number of nitrogens with one attached hydrogen (secondary N) is 1. The number of nitrogens with zero attached hydrogens (tertiary/aromatic N) is 4. The SMILES string of the molecule is CNc1nnc(S[C@H](C)c2nc(-c3ccccc3)no2)s1. The molecule has 2 heterocycles. The first-order valence-corrected chi connectivity index (χ1v) is 8.03. The van der Waals surface area contributed by atoms with Gasteiger partial charge in [-0.15, -0.1) is 10.2 Å². The van der Waals surface area contributed by atoms with Crippen LogP contribution in [0.25, 0.3) is 11.4 Å². The monoisotopic (exact) mass is 319 g/mol. The minimum absolute atomic E-state index is 0.0209.